The number of aliphatic hydroxyl groups excluding tert-OH is 2. The van der Waals surface area contributed by atoms with E-state index in [9.17, 15) is 9.90 Å². The predicted octanol–water partition coefficient (Wildman–Crippen LogP) is -1.33. The lowest BCUT2D eigenvalue weighted by molar-refractivity contribution is -0.150. The Morgan fingerprint density at radius 3 is 2.83 bits per heavy atom. The number of carbonyl (C=O) groups is 1. The maximum absolute atomic E-state index is 10.5. The molecule has 70 valence electrons. The van der Waals surface area contributed by atoms with Gasteiger partial charge in [-0.25, -0.2) is 0 Å². The summed E-state index contributed by atoms with van der Waals surface area (Å²) in [5.74, 6) is -0.457. The molecular formula is C7H12O5. The maximum Gasteiger partial charge on any atom is 0.303 e. The summed E-state index contributed by atoms with van der Waals surface area (Å²) in [7, 11) is 0. The van der Waals surface area contributed by atoms with Gasteiger partial charge in [0.05, 0.1) is 13.2 Å². The highest BCUT2D eigenvalue weighted by Gasteiger charge is 2.37. The van der Waals surface area contributed by atoms with Gasteiger partial charge < -0.3 is 19.7 Å². The summed E-state index contributed by atoms with van der Waals surface area (Å²) in [5.41, 5.74) is 0. The van der Waals surface area contributed by atoms with Crippen LogP contribution in [0.5, 0.6) is 0 Å². The molecule has 3 atom stereocenters. The minimum absolute atomic E-state index is 0.145. The summed E-state index contributed by atoms with van der Waals surface area (Å²) in [4.78, 5) is 10.5. The fraction of sp³-hybridized carbons (Fsp3) is 0.857. The molecule has 1 rings (SSSR count). The van der Waals surface area contributed by atoms with Gasteiger partial charge in [-0.1, -0.05) is 0 Å². The zero-order valence-electron chi connectivity index (χ0n) is 6.77. The van der Waals surface area contributed by atoms with E-state index in [1.54, 1.807) is 0 Å². The highest BCUT2D eigenvalue weighted by molar-refractivity contribution is 5.66. The Hall–Kier alpha value is -0.650. The van der Waals surface area contributed by atoms with Crippen LogP contribution in [0.3, 0.4) is 0 Å². The van der Waals surface area contributed by atoms with Crippen molar-refractivity contribution in [3.63, 3.8) is 0 Å². The van der Waals surface area contributed by atoms with Crippen LogP contribution >= 0.6 is 0 Å². The molecule has 12 heavy (non-hydrogen) atoms. The van der Waals surface area contributed by atoms with Crippen molar-refractivity contribution in [1.29, 1.82) is 0 Å². The quantitative estimate of drug-likeness (QED) is 0.510. The van der Waals surface area contributed by atoms with Crippen molar-refractivity contribution in [3.05, 3.63) is 0 Å². The average Bonchev–Trinajstić information content (AvgIpc) is 2.32. The van der Waals surface area contributed by atoms with Crippen molar-refractivity contribution in [2.75, 3.05) is 13.2 Å². The second kappa shape index (κ2) is 3.84. The number of aliphatic hydroxyl groups is 2. The molecule has 0 radical (unpaired) electrons. The van der Waals surface area contributed by atoms with Gasteiger partial charge in [-0.15, -0.1) is 0 Å². The minimum Gasteiger partial charge on any atom is -0.457 e. The van der Waals surface area contributed by atoms with E-state index in [1.165, 1.54) is 6.92 Å². The monoisotopic (exact) mass is 176 g/mol. The first-order valence-electron chi connectivity index (χ1n) is 3.73. The molecule has 0 aliphatic carbocycles. The number of carbonyl (C=O) groups excluding carboxylic acids is 1. The van der Waals surface area contributed by atoms with E-state index in [4.69, 9.17) is 14.6 Å². The Morgan fingerprint density at radius 2 is 2.42 bits per heavy atom. The Bertz CT molecular complexity index is 169. The SMILES string of the molecule is CC(=O)O[C@H]1CO[C@H](CO)[C@@H]1O. The molecule has 0 aromatic carbocycles. The fourth-order valence-electron chi connectivity index (χ4n) is 1.13. The fourth-order valence-corrected chi connectivity index (χ4v) is 1.13. The summed E-state index contributed by atoms with van der Waals surface area (Å²) in [6.07, 6.45) is -2.19. The molecular weight excluding hydrogens is 164 g/mol. The molecule has 1 fully saturated rings. The van der Waals surface area contributed by atoms with Gasteiger partial charge in [0.2, 0.25) is 0 Å². The van der Waals surface area contributed by atoms with E-state index in [-0.39, 0.29) is 13.2 Å². The van der Waals surface area contributed by atoms with Crippen LogP contribution in [-0.2, 0) is 14.3 Å². The zero-order valence-corrected chi connectivity index (χ0v) is 6.77. The molecule has 0 aromatic rings. The van der Waals surface area contributed by atoms with Crippen LogP contribution in [0, 0.1) is 0 Å². The summed E-state index contributed by atoms with van der Waals surface area (Å²) in [6.45, 7) is 1.14. The summed E-state index contributed by atoms with van der Waals surface area (Å²) in [6, 6.07) is 0. The number of esters is 1. The second-order valence-corrected chi connectivity index (χ2v) is 2.69. The van der Waals surface area contributed by atoms with Crippen LogP contribution < -0.4 is 0 Å². The molecule has 0 spiro atoms. The van der Waals surface area contributed by atoms with E-state index in [0.717, 1.165) is 0 Å². The molecule has 1 aliphatic rings. The maximum atomic E-state index is 10.5. The highest BCUT2D eigenvalue weighted by atomic mass is 16.6. The summed E-state index contributed by atoms with van der Waals surface area (Å²) >= 11 is 0. The largest absolute Gasteiger partial charge is 0.457 e. The lowest BCUT2D eigenvalue weighted by atomic mass is 10.1. The molecule has 0 saturated carbocycles. The first-order chi connectivity index (χ1) is 5.65. The van der Waals surface area contributed by atoms with Crippen molar-refractivity contribution in [1.82, 2.24) is 0 Å². The van der Waals surface area contributed by atoms with Gasteiger partial charge in [-0.3, -0.25) is 4.79 Å². The Kier molecular flexibility index (Phi) is 3.02. The molecule has 1 heterocycles. The van der Waals surface area contributed by atoms with Gasteiger partial charge in [-0.2, -0.15) is 0 Å². The lowest BCUT2D eigenvalue weighted by Gasteiger charge is -2.14. The predicted molar refractivity (Wildman–Crippen MR) is 38.4 cm³/mol. The van der Waals surface area contributed by atoms with Crippen LogP contribution in [0.2, 0.25) is 0 Å². The zero-order chi connectivity index (χ0) is 9.14. The van der Waals surface area contributed by atoms with Crippen LogP contribution in [0.4, 0.5) is 0 Å². The third kappa shape index (κ3) is 1.94. The van der Waals surface area contributed by atoms with Gasteiger partial charge in [0.1, 0.15) is 12.2 Å². The molecule has 0 bridgehead atoms. The van der Waals surface area contributed by atoms with Crippen LogP contribution in [0.15, 0.2) is 0 Å². The van der Waals surface area contributed by atoms with Crippen LogP contribution in [0.25, 0.3) is 0 Å². The summed E-state index contributed by atoms with van der Waals surface area (Å²) < 4.78 is 9.68. The number of hydrogen-bond acceptors (Lipinski definition) is 5. The smallest absolute Gasteiger partial charge is 0.303 e. The van der Waals surface area contributed by atoms with E-state index < -0.39 is 24.3 Å². The van der Waals surface area contributed by atoms with Gasteiger partial charge in [0, 0.05) is 6.92 Å². The van der Waals surface area contributed by atoms with Crippen LogP contribution in [0.1, 0.15) is 6.92 Å². The molecule has 0 amide bonds. The Morgan fingerprint density at radius 1 is 1.75 bits per heavy atom. The van der Waals surface area contributed by atoms with Gasteiger partial charge in [0.25, 0.3) is 0 Å². The highest BCUT2D eigenvalue weighted by Crippen LogP contribution is 2.16. The Labute approximate surface area is 69.9 Å². The third-order valence-electron chi connectivity index (χ3n) is 1.73. The van der Waals surface area contributed by atoms with E-state index >= 15 is 0 Å². The van der Waals surface area contributed by atoms with Crippen LogP contribution in [-0.4, -0.2) is 47.7 Å². The van der Waals surface area contributed by atoms with Crippen molar-refractivity contribution in [3.8, 4) is 0 Å². The lowest BCUT2D eigenvalue weighted by Crippen LogP contribution is -2.34. The summed E-state index contributed by atoms with van der Waals surface area (Å²) in [5, 5.41) is 18.0. The number of rotatable bonds is 2. The molecule has 1 saturated heterocycles. The molecule has 5 nitrogen and oxygen atoms in total. The van der Waals surface area contributed by atoms with Gasteiger partial charge in [-0.05, 0) is 0 Å². The average molecular weight is 176 g/mol. The molecule has 1 aliphatic heterocycles. The van der Waals surface area contributed by atoms with Crippen molar-refractivity contribution >= 4 is 5.97 Å². The van der Waals surface area contributed by atoms with Crippen molar-refractivity contribution in [2.24, 2.45) is 0 Å². The standard InChI is InChI=1S/C7H12O5/c1-4(9)12-6-3-11-5(2-8)7(6)10/h5-8,10H,2-3H2,1H3/t5-,6+,7+/m1/s1. The molecule has 5 heteroatoms. The first-order valence-corrected chi connectivity index (χ1v) is 3.73. The number of hydrogen-bond donors (Lipinski definition) is 2. The van der Waals surface area contributed by atoms with E-state index in [1.807, 2.05) is 0 Å². The minimum atomic E-state index is -0.918. The topological polar surface area (TPSA) is 76.0 Å². The van der Waals surface area contributed by atoms with E-state index in [2.05, 4.69) is 0 Å². The third-order valence-corrected chi connectivity index (χ3v) is 1.73. The normalized spacial score (nSPS) is 35.1. The molecule has 2 N–H and O–H groups in total. The Balaban J connectivity index is 2.43. The van der Waals surface area contributed by atoms with E-state index in [0.29, 0.717) is 0 Å². The molecule has 0 unspecified atom stereocenters. The molecule has 0 aromatic heterocycles. The van der Waals surface area contributed by atoms with Crippen molar-refractivity contribution < 1.29 is 24.5 Å². The first kappa shape index (κ1) is 9.44. The second-order valence-electron chi connectivity index (χ2n) is 2.69. The van der Waals surface area contributed by atoms with Gasteiger partial charge >= 0.3 is 5.97 Å². The number of ether oxygens (including phenoxy) is 2. The van der Waals surface area contributed by atoms with Crippen molar-refractivity contribution in [2.45, 2.75) is 25.2 Å². The van der Waals surface area contributed by atoms with Gasteiger partial charge in [0.15, 0.2) is 6.10 Å².